The summed E-state index contributed by atoms with van der Waals surface area (Å²) in [5, 5.41) is 0.388. The fourth-order valence-electron chi connectivity index (χ4n) is 1.89. The summed E-state index contributed by atoms with van der Waals surface area (Å²) < 4.78 is 26.6. The zero-order chi connectivity index (χ0) is 14.8. The molecule has 0 saturated carbocycles. The van der Waals surface area contributed by atoms with Gasteiger partial charge in [0.15, 0.2) is 0 Å². The maximum atomic E-state index is 12.6. The maximum absolute atomic E-state index is 12.6. The Kier molecular flexibility index (Phi) is 4.20. The summed E-state index contributed by atoms with van der Waals surface area (Å²) in [4.78, 5) is 0.170. The summed E-state index contributed by atoms with van der Waals surface area (Å²) in [5.74, 6) is 0. The van der Waals surface area contributed by atoms with E-state index in [1.807, 2.05) is 0 Å². The second-order valence-electron chi connectivity index (χ2n) is 4.22. The molecule has 0 atom stereocenters. The molecule has 2 aromatic rings. The van der Waals surface area contributed by atoms with Crippen LogP contribution < -0.4 is 10.0 Å². The molecule has 0 aliphatic rings. The normalized spacial score (nSPS) is 11.3. The Hall–Kier alpha value is -1.72. The Balaban J connectivity index is 2.47. The predicted molar refractivity (Wildman–Crippen MR) is 82.5 cm³/mol. The average molecular weight is 311 g/mol. The summed E-state index contributed by atoms with van der Waals surface area (Å²) in [7, 11) is -3.63. The van der Waals surface area contributed by atoms with Crippen LogP contribution in [0, 0.1) is 0 Å². The van der Waals surface area contributed by atoms with Gasteiger partial charge in [-0.05, 0) is 49.4 Å². The van der Waals surface area contributed by atoms with Crippen LogP contribution in [-0.4, -0.2) is 15.0 Å². The lowest BCUT2D eigenvalue weighted by atomic mass is 10.3. The van der Waals surface area contributed by atoms with Crippen LogP contribution in [0.1, 0.15) is 6.92 Å². The fraction of sp³-hybridized carbons (Fsp3) is 0.143. The summed E-state index contributed by atoms with van der Waals surface area (Å²) in [6.45, 7) is 2.09. The van der Waals surface area contributed by atoms with Crippen molar-refractivity contribution in [1.29, 1.82) is 0 Å². The van der Waals surface area contributed by atoms with Crippen LogP contribution in [-0.2, 0) is 10.0 Å². The number of nitrogen functional groups attached to an aromatic ring is 1. The zero-order valence-electron chi connectivity index (χ0n) is 11.0. The van der Waals surface area contributed by atoms with Crippen molar-refractivity contribution in [2.45, 2.75) is 11.8 Å². The van der Waals surface area contributed by atoms with E-state index >= 15 is 0 Å². The van der Waals surface area contributed by atoms with E-state index in [1.54, 1.807) is 43.3 Å². The van der Waals surface area contributed by atoms with Crippen LogP contribution in [0.15, 0.2) is 53.4 Å². The van der Waals surface area contributed by atoms with E-state index in [9.17, 15) is 8.42 Å². The first-order valence-corrected chi connectivity index (χ1v) is 7.91. The smallest absolute Gasteiger partial charge is 0.264 e. The van der Waals surface area contributed by atoms with Gasteiger partial charge >= 0.3 is 0 Å². The number of nitrogens with two attached hydrogens (primary N) is 1. The SMILES string of the molecule is CCN(c1ccc(N)cc1)S(=O)(=O)c1cccc(Cl)c1. The van der Waals surface area contributed by atoms with Crippen LogP contribution >= 0.6 is 11.6 Å². The summed E-state index contributed by atoms with van der Waals surface area (Å²) in [6.07, 6.45) is 0. The topological polar surface area (TPSA) is 63.4 Å². The number of benzene rings is 2. The van der Waals surface area contributed by atoms with Crippen molar-refractivity contribution in [3.05, 3.63) is 53.6 Å². The molecule has 0 spiro atoms. The van der Waals surface area contributed by atoms with Crippen LogP contribution in [0.3, 0.4) is 0 Å². The van der Waals surface area contributed by atoms with E-state index in [4.69, 9.17) is 17.3 Å². The lowest BCUT2D eigenvalue weighted by molar-refractivity contribution is 0.592. The molecule has 2 aromatic carbocycles. The van der Waals surface area contributed by atoms with Crippen molar-refractivity contribution in [1.82, 2.24) is 0 Å². The lowest BCUT2D eigenvalue weighted by Gasteiger charge is -2.23. The largest absolute Gasteiger partial charge is 0.399 e. The fourth-order valence-corrected chi connectivity index (χ4v) is 3.66. The highest BCUT2D eigenvalue weighted by molar-refractivity contribution is 7.92. The molecular weight excluding hydrogens is 296 g/mol. The van der Waals surface area contributed by atoms with E-state index in [2.05, 4.69) is 0 Å². The van der Waals surface area contributed by atoms with E-state index in [1.165, 1.54) is 16.4 Å². The van der Waals surface area contributed by atoms with Crippen molar-refractivity contribution in [3.63, 3.8) is 0 Å². The van der Waals surface area contributed by atoms with E-state index < -0.39 is 10.0 Å². The minimum atomic E-state index is -3.63. The highest BCUT2D eigenvalue weighted by Crippen LogP contribution is 2.25. The molecule has 0 heterocycles. The molecule has 2 N–H and O–H groups in total. The van der Waals surface area contributed by atoms with E-state index in [-0.39, 0.29) is 4.90 Å². The highest BCUT2D eigenvalue weighted by Gasteiger charge is 2.23. The molecule has 0 amide bonds. The molecule has 20 heavy (non-hydrogen) atoms. The number of rotatable bonds is 4. The second kappa shape index (κ2) is 5.73. The highest BCUT2D eigenvalue weighted by atomic mass is 35.5. The van der Waals surface area contributed by atoms with Crippen molar-refractivity contribution in [2.24, 2.45) is 0 Å². The Labute approximate surface area is 123 Å². The number of sulfonamides is 1. The number of nitrogens with zero attached hydrogens (tertiary/aromatic N) is 1. The van der Waals surface area contributed by atoms with E-state index in [0.29, 0.717) is 22.9 Å². The predicted octanol–water partition coefficient (Wildman–Crippen LogP) is 3.14. The summed E-state index contributed by atoms with van der Waals surface area (Å²) in [6, 6.07) is 12.9. The summed E-state index contributed by atoms with van der Waals surface area (Å²) >= 11 is 5.87. The van der Waals surface area contributed by atoms with Gasteiger partial charge in [0.05, 0.1) is 10.6 Å². The lowest BCUT2D eigenvalue weighted by Crippen LogP contribution is -2.30. The van der Waals surface area contributed by atoms with Crippen molar-refractivity contribution in [3.8, 4) is 0 Å². The molecule has 2 rings (SSSR count). The van der Waals surface area contributed by atoms with Crippen molar-refractivity contribution < 1.29 is 8.42 Å². The van der Waals surface area contributed by atoms with Crippen molar-refractivity contribution in [2.75, 3.05) is 16.6 Å². The zero-order valence-corrected chi connectivity index (χ0v) is 12.5. The Morgan fingerprint density at radius 2 is 1.80 bits per heavy atom. The molecule has 0 aliphatic heterocycles. The summed E-state index contributed by atoms with van der Waals surface area (Å²) in [5.41, 5.74) is 6.78. The number of hydrogen-bond donors (Lipinski definition) is 1. The van der Waals surface area contributed by atoms with Crippen LogP contribution in [0.2, 0.25) is 5.02 Å². The van der Waals surface area contributed by atoms with E-state index in [0.717, 1.165) is 0 Å². The van der Waals surface area contributed by atoms with Gasteiger partial charge in [-0.3, -0.25) is 4.31 Å². The first kappa shape index (κ1) is 14.7. The van der Waals surface area contributed by atoms with Crippen LogP contribution in [0.25, 0.3) is 0 Å². The minimum absolute atomic E-state index is 0.170. The number of hydrogen-bond acceptors (Lipinski definition) is 3. The Morgan fingerprint density at radius 1 is 1.15 bits per heavy atom. The molecule has 0 radical (unpaired) electrons. The van der Waals surface area contributed by atoms with Gasteiger partial charge in [-0.1, -0.05) is 17.7 Å². The second-order valence-corrected chi connectivity index (χ2v) is 6.52. The first-order valence-electron chi connectivity index (χ1n) is 6.09. The molecule has 0 aliphatic carbocycles. The first-order chi connectivity index (χ1) is 9.45. The van der Waals surface area contributed by atoms with Gasteiger partial charge in [-0.15, -0.1) is 0 Å². The van der Waals surface area contributed by atoms with Gasteiger partial charge in [0.25, 0.3) is 10.0 Å². The molecular formula is C14H15ClN2O2S. The third kappa shape index (κ3) is 2.89. The van der Waals surface area contributed by atoms with Gasteiger partial charge in [0.1, 0.15) is 0 Å². The molecule has 6 heteroatoms. The molecule has 4 nitrogen and oxygen atoms in total. The van der Waals surface area contributed by atoms with Crippen molar-refractivity contribution >= 4 is 33.0 Å². The van der Waals surface area contributed by atoms with Gasteiger partial charge in [-0.25, -0.2) is 8.42 Å². The third-order valence-corrected chi connectivity index (χ3v) is 4.99. The number of halogens is 1. The molecule has 0 fully saturated rings. The minimum Gasteiger partial charge on any atom is -0.399 e. The monoisotopic (exact) mass is 310 g/mol. The van der Waals surface area contributed by atoms with Gasteiger partial charge in [0, 0.05) is 17.3 Å². The van der Waals surface area contributed by atoms with Gasteiger partial charge < -0.3 is 5.73 Å². The quantitative estimate of drug-likeness (QED) is 0.882. The Bertz CT molecular complexity index is 699. The third-order valence-electron chi connectivity index (χ3n) is 2.85. The van der Waals surface area contributed by atoms with Crippen LogP contribution in [0.5, 0.6) is 0 Å². The molecule has 0 aromatic heterocycles. The number of anilines is 2. The van der Waals surface area contributed by atoms with Crippen LogP contribution in [0.4, 0.5) is 11.4 Å². The molecule has 0 saturated heterocycles. The maximum Gasteiger partial charge on any atom is 0.264 e. The molecule has 0 unspecified atom stereocenters. The molecule has 106 valence electrons. The Morgan fingerprint density at radius 3 is 2.35 bits per heavy atom. The standard InChI is InChI=1S/C14H15ClN2O2S/c1-2-17(13-8-6-12(16)7-9-13)20(18,19)14-5-3-4-11(15)10-14/h3-10H,2,16H2,1H3. The molecule has 0 bridgehead atoms. The van der Waals surface area contributed by atoms with Gasteiger partial charge in [-0.2, -0.15) is 0 Å². The van der Waals surface area contributed by atoms with Gasteiger partial charge in [0.2, 0.25) is 0 Å². The average Bonchev–Trinajstić information content (AvgIpc) is 2.41.